The number of non-ortho nitro benzene ring substituents is 1. The van der Waals surface area contributed by atoms with Gasteiger partial charge in [0.25, 0.3) is 17.2 Å². The number of anilines is 1. The SMILES string of the molecule is COCOc1c(C(=O)N(C)c2ccccc2)c(=O)n(C)c2ccc([N+](=O)[O-])cc12. The first kappa shape index (κ1) is 20.0. The standard InChI is InChI=1S/C20H19N3O6/c1-21(13-7-5-4-6-8-13)19(24)17-18(29-12-28-3)15-11-14(23(26)27)9-10-16(15)22(2)20(17)25/h4-11H,12H2,1-3H3. The third-order valence-electron chi connectivity index (χ3n) is 4.53. The highest BCUT2D eigenvalue weighted by Gasteiger charge is 2.27. The van der Waals surface area contributed by atoms with E-state index in [1.807, 2.05) is 6.07 Å². The second kappa shape index (κ2) is 8.11. The molecule has 1 aromatic heterocycles. The zero-order chi connectivity index (χ0) is 21.1. The second-order valence-corrected chi connectivity index (χ2v) is 6.28. The number of aryl methyl sites for hydroxylation is 1. The number of nitrogens with zero attached hydrogens (tertiary/aromatic N) is 3. The van der Waals surface area contributed by atoms with Gasteiger partial charge in [-0.15, -0.1) is 0 Å². The van der Waals surface area contributed by atoms with Gasteiger partial charge in [-0.2, -0.15) is 0 Å². The van der Waals surface area contributed by atoms with E-state index in [2.05, 4.69) is 0 Å². The Labute approximate surface area is 165 Å². The lowest BCUT2D eigenvalue weighted by molar-refractivity contribution is -0.384. The van der Waals surface area contributed by atoms with Crippen LogP contribution >= 0.6 is 0 Å². The molecule has 0 unspecified atom stereocenters. The molecule has 0 saturated carbocycles. The maximum atomic E-state index is 13.2. The van der Waals surface area contributed by atoms with Crippen LogP contribution in [0.15, 0.2) is 53.3 Å². The summed E-state index contributed by atoms with van der Waals surface area (Å²) in [4.78, 5) is 38.2. The largest absolute Gasteiger partial charge is 0.466 e. The summed E-state index contributed by atoms with van der Waals surface area (Å²) >= 11 is 0. The second-order valence-electron chi connectivity index (χ2n) is 6.28. The summed E-state index contributed by atoms with van der Waals surface area (Å²) in [6.07, 6.45) is 0. The summed E-state index contributed by atoms with van der Waals surface area (Å²) in [5.41, 5.74) is -0.0237. The van der Waals surface area contributed by atoms with Crippen molar-refractivity contribution < 1.29 is 19.2 Å². The number of rotatable bonds is 6. The fraction of sp³-hybridized carbons (Fsp3) is 0.200. The molecule has 0 saturated heterocycles. The Hall–Kier alpha value is -3.72. The van der Waals surface area contributed by atoms with Crippen LogP contribution < -0.4 is 15.2 Å². The molecule has 0 fully saturated rings. The third-order valence-corrected chi connectivity index (χ3v) is 4.53. The number of nitro benzene ring substituents is 1. The number of benzene rings is 2. The molecule has 1 amide bonds. The first-order valence-corrected chi connectivity index (χ1v) is 8.62. The average Bonchev–Trinajstić information content (AvgIpc) is 2.74. The first-order chi connectivity index (χ1) is 13.9. The van der Waals surface area contributed by atoms with Crippen LogP contribution in [0.2, 0.25) is 0 Å². The van der Waals surface area contributed by atoms with Gasteiger partial charge in [-0.25, -0.2) is 0 Å². The molecule has 0 aliphatic carbocycles. The summed E-state index contributed by atoms with van der Waals surface area (Å²) in [5, 5.41) is 11.5. The quantitative estimate of drug-likeness (QED) is 0.360. The zero-order valence-corrected chi connectivity index (χ0v) is 16.1. The van der Waals surface area contributed by atoms with Crippen molar-refractivity contribution in [2.75, 3.05) is 25.9 Å². The number of hydrogen-bond acceptors (Lipinski definition) is 6. The van der Waals surface area contributed by atoms with Crippen LogP contribution in [0, 0.1) is 10.1 Å². The van der Waals surface area contributed by atoms with Crippen LogP contribution in [-0.4, -0.2) is 36.3 Å². The molecule has 2 aromatic carbocycles. The minimum Gasteiger partial charge on any atom is -0.466 e. The smallest absolute Gasteiger partial charge is 0.270 e. The predicted octanol–water partition coefficient (Wildman–Crippen LogP) is 2.71. The summed E-state index contributed by atoms with van der Waals surface area (Å²) in [5.74, 6) is -0.655. The normalized spacial score (nSPS) is 10.7. The lowest BCUT2D eigenvalue weighted by atomic mass is 10.1. The van der Waals surface area contributed by atoms with Crippen molar-refractivity contribution in [1.82, 2.24) is 4.57 Å². The summed E-state index contributed by atoms with van der Waals surface area (Å²) < 4.78 is 11.8. The molecule has 3 rings (SSSR count). The molecule has 3 aromatic rings. The number of pyridine rings is 1. The van der Waals surface area contributed by atoms with E-state index in [9.17, 15) is 19.7 Å². The van der Waals surface area contributed by atoms with Crippen LogP contribution in [0.25, 0.3) is 10.9 Å². The van der Waals surface area contributed by atoms with E-state index in [1.54, 1.807) is 24.3 Å². The third kappa shape index (κ3) is 3.67. The number of amides is 1. The number of carbonyl (C=O) groups is 1. The van der Waals surface area contributed by atoms with E-state index >= 15 is 0 Å². The van der Waals surface area contributed by atoms with Crippen molar-refractivity contribution in [1.29, 1.82) is 0 Å². The Bertz CT molecular complexity index is 1140. The fourth-order valence-electron chi connectivity index (χ4n) is 3.01. The Morgan fingerprint density at radius 2 is 1.90 bits per heavy atom. The Morgan fingerprint density at radius 3 is 2.52 bits per heavy atom. The maximum absolute atomic E-state index is 13.2. The number of carbonyl (C=O) groups excluding carboxylic acids is 1. The van der Waals surface area contributed by atoms with E-state index in [0.717, 1.165) is 0 Å². The highest BCUT2D eigenvalue weighted by atomic mass is 16.7. The molecule has 0 aliphatic rings. The van der Waals surface area contributed by atoms with Gasteiger partial charge in [0.05, 0.1) is 10.4 Å². The van der Waals surface area contributed by atoms with Crippen molar-refractivity contribution in [3.05, 3.63) is 74.6 Å². The van der Waals surface area contributed by atoms with Crippen molar-refractivity contribution in [3.8, 4) is 5.75 Å². The van der Waals surface area contributed by atoms with Crippen molar-refractivity contribution in [2.45, 2.75) is 0 Å². The molecule has 29 heavy (non-hydrogen) atoms. The molecule has 0 aliphatic heterocycles. The highest BCUT2D eigenvalue weighted by molar-refractivity contribution is 6.10. The molecule has 0 atom stereocenters. The molecular formula is C20H19N3O6. The van der Waals surface area contributed by atoms with Crippen molar-refractivity contribution in [3.63, 3.8) is 0 Å². The summed E-state index contributed by atoms with van der Waals surface area (Å²) in [6, 6.07) is 12.8. The first-order valence-electron chi connectivity index (χ1n) is 8.62. The number of ether oxygens (including phenoxy) is 2. The molecule has 0 spiro atoms. The molecule has 0 bridgehead atoms. The monoisotopic (exact) mass is 397 g/mol. The summed E-state index contributed by atoms with van der Waals surface area (Å²) in [7, 11) is 4.42. The minimum atomic E-state index is -0.601. The van der Waals surface area contributed by atoms with Gasteiger partial charge in [0.15, 0.2) is 12.5 Å². The Kier molecular flexibility index (Phi) is 5.60. The lowest BCUT2D eigenvalue weighted by Crippen LogP contribution is -2.34. The topological polar surface area (TPSA) is 104 Å². The molecule has 1 heterocycles. The van der Waals surface area contributed by atoms with Gasteiger partial charge in [-0.05, 0) is 18.2 Å². The number of nitro groups is 1. The maximum Gasteiger partial charge on any atom is 0.270 e. The van der Waals surface area contributed by atoms with Gasteiger partial charge >= 0.3 is 0 Å². The van der Waals surface area contributed by atoms with E-state index in [1.165, 1.54) is 48.9 Å². The molecule has 150 valence electrons. The van der Waals surface area contributed by atoms with E-state index in [-0.39, 0.29) is 29.2 Å². The van der Waals surface area contributed by atoms with Gasteiger partial charge in [-0.3, -0.25) is 19.7 Å². The van der Waals surface area contributed by atoms with Gasteiger partial charge < -0.3 is 18.9 Å². The zero-order valence-electron chi connectivity index (χ0n) is 16.1. The minimum absolute atomic E-state index is 0.0542. The molecule has 9 heteroatoms. The predicted molar refractivity (Wildman–Crippen MR) is 108 cm³/mol. The van der Waals surface area contributed by atoms with Crippen LogP contribution in [-0.2, 0) is 11.8 Å². The highest BCUT2D eigenvalue weighted by Crippen LogP contribution is 2.32. The Balaban J connectivity index is 2.29. The van der Waals surface area contributed by atoms with E-state index < -0.39 is 16.4 Å². The number of para-hydroxylation sites is 1. The lowest BCUT2D eigenvalue weighted by Gasteiger charge is -2.20. The summed E-state index contributed by atoms with van der Waals surface area (Å²) in [6.45, 7) is -0.236. The van der Waals surface area contributed by atoms with Crippen molar-refractivity contribution in [2.24, 2.45) is 7.05 Å². The van der Waals surface area contributed by atoms with E-state index in [0.29, 0.717) is 11.2 Å². The molecule has 0 radical (unpaired) electrons. The number of methoxy groups -OCH3 is 1. The van der Waals surface area contributed by atoms with Gasteiger partial charge in [0.2, 0.25) is 0 Å². The average molecular weight is 397 g/mol. The van der Waals surface area contributed by atoms with Gasteiger partial charge in [-0.1, -0.05) is 18.2 Å². The Morgan fingerprint density at radius 1 is 1.21 bits per heavy atom. The van der Waals surface area contributed by atoms with Gasteiger partial charge in [0, 0.05) is 44.4 Å². The van der Waals surface area contributed by atoms with Crippen LogP contribution in [0.3, 0.4) is 0 Å². The molecule has 0 N–H and O–H groups in total. The van der Waals surface area contributed by atoms with Gasteiger partial charge in [0.1, 0.15) is 5.56 Å². The number of aromatic nitrogens is 1. The fourth-order valence-corrected chi connectivity index (χ4v) is 3.01. The number of fused-ring (bicyclic) bond motifs is 1. The molecular weight excluding hydrogens is 378 g/mol. The van der Waals surface area contributed by atoms with Crippen LogP contribution in [0.1, 0.15) is 10.4 Å². The molecule has 9 nitrogen and oxygen atoms in total. The van der Waals surface area contributed by atoms with Crippen LogP contribution in [0.5, 0.6) is 5.75 Å². The van der Waals surface area contributed by atoms with E-state index in [4.69, 9.17) is 9.47 Å². The van der Waals surface area contributed by atoms with Crippen molar-refractivity contribution >= 4 is 28.2 Å². The van der Waals surface area contributed by atoms with Crippen LogP contribution in [0.4, 0.5) is 11.4 Å². The number of hydrogen-bond donors (Lipinski definition) is 0.